The molecule has 0 spiro atoms. The van der Waals surface area contributed by atoms with Crippen molar-refractivity contribution in [2.24, 2.45) is 5.41 Å². The summed E-state index contributed by atoms with van der Waals surface area (Å²) in [6.07, 6.45) is 2.22. The van der Waals surface area contributed by atoms with Crippen molar-refractivity contribution < 1.29 is 9.18 Å². The molecule has 2 rings (SSSR count). The summed E-state index contributed by atoms with van der Waals surface area (Å²) in [4.78, 5) is 11.4. The van der Waals surface area contributed by atoms with Crippen LogP contribution < -0.4 is 0 Å². The molecule has 1 fully saturated rings. The predicted octanol–water partition coefficient (Wildman–Crippen LogP) is 3.39. The van der Waals surface area contributed by atoms with Gasteiger partial charge >= 0.3 is 0 Å². The Kier molecular flexibility index (Phi) is 2.55. The van der Waals surface area contributed by atoms with Crippen molar-refractivity contribution in [3.8, 4) is 0 Å². The fourth-order valence-electron chi connectivity index (χ4n) is 1.85. The van der Waals surface area contributed by atoms with Crippen molar-refractivity contribution in [1.29, 1.82) is 0 Å². The van der Waals surface area contributed by atoms with E-state index in [0.717, 1.165) is 12.8 Å². The predicted molar refractivity (Wildman–Crippen MR) is 57.5 cm³/mol. The van der Waals surface area contributed by atoms with E-state index >= 15 is 0 Å². The van der Waals surface area contributed by atoms with Crippen molar-refractivity contribution in [2.75, 3.05) is 0 Å². The Morgan fingerprint density at radius 2 is 2.20 bits per heavy atom. The highest BCUT2D eigenvalue weighted by atomic mass is 35.5. The van der Waals surface area contributed by atoms with E-state index in [2.05, 4.69) is 0 Å². The van der Waals surface area contributed by atoms with Crippen molar-refractivity contribution >= 4 is 17.4 Å². The van der Waals surface area contributed by atoms with E-state index in [0.29, 0.717) is 17.0 Å². The summed E-state index contributed by atoms with van der Waals surface area (Å²) in [5, 5.41) is 0.519. The molecule has 3 heteroatoms. The van der Waals surface area contributed by atoms with Gasteiger partial charge in [0, 0.05) is 10.4 Å². The van der Waals surface area contributed by atoms with Crippen LogP contribution in [0.15, 0.2) is 18.2 Å². The molecule has 0 amide bonds. The van der Waals surface area contributed by atoms with E-state index in [1.165, 1.54) is 12.1 Å². The van der Waals surface area contributed by atoms with E-state index in [4.69, 9.17) is 11.6 Å². The van der Waals surface area contributed by atoms with E-state index < -0.39 is 0 Å². The topological polar surface area (TPSA) is 17.1 Å². The highest BCUT2D eigenvalue weighted by Gasteiger charge is 2.47. The molecule has 1 aromatic carbocycles. The summed E-state index contributed by atoms with van der Waals surface area (Å²) in [6.45, 7) is 1.58. The van der Waals surface area contributed by atoms with Gasteiger partial charge in [0.15, 0.2) is 0 Å². The number of Topliss-reactive ketones (excluding diaryl/α,β-unsaturated/α-hetero) is 1. The zero-order valence-electron chi connectivity index (χ0n) is 8.52. The Bertz CT molecular complexity index is 410. The first-order valence-corrected chi connectivity index (χ1v) is 5.36. The monoisotopic (exact) mass is 226 g/mol. The standard InChI is InChI=1S/C12H12ClFO/c1-8(15)12(4-5-12)7-9-6-10(13)2-3-11(9)14/h2-3,6H,4-5,7H2,1H3. The minimum Gasteiger partial charge on any atom is -0.299 e. The number of hydrogen-bond acceptors (Lipinski definition) is 1. The first-order chi connectivity index (χ1) is 7.03. The van der Waals surface area contributed by atoms with E-state index in [1.54, 1.807) is 13.0 Å². The number of benzene rings is 1. The Hall–Kier alpha value is -0.890. The minimum atomic E-state index is -0.300. The average Bonchev–Trinajstić information content (AvgIpc) is 2.92. The van der Waals surface area contributed by atoms with Crippen LogP contribution in [0.1, 0.15) is 25.3 Å². The number of carbonyl (C=O) groups is 1. The molecule has 0 atom stereocenters. The van der Waals surface area contributed by atoms with Crippen molar-refractivity contribution in [2.45, 2.75) is 26.2 Å². The Balaban J connectivity index is 2.24. The maximum absolute atomic E-state index is 13.4. The molecule has 0 saturated heterocycles. The van der Waals surface area contributed by atoms with E-state index in [9.17, 15) is 9.18 Å². The number of ketones is 1. The lowest BCUT2D eigenvalue weighted by atomic mass is 9.93. The van der Waals surface area contributed by atoms with Crippen LogP contribution in [0.4, 0.5) is 4.39 Å². The molecule has 1 saturated carbocycles. The number of hydrogen-bond donors (Lipinski definition) is 0. The van der Waals surface area contributed by atoms with Crippen LogP contribution in [0.5, 0.6) is 0 Å². The van der Waals surface area contributed by atoms with Crippen LogP contribution in [-0.4, -0.2) is 5.78 Å². The molecule has 1 aromatic rings. The molecule has 1 nitrogen and oxygen atoms in total. The zero-order valence-corrected chi connectivity index (χ0v) is 9.27. The number of rotatable bonds is 3. The molecule has 15 heavy (non-hydrogen) atoms. The molecule has 0 bridgehead atoms. The Morgan fingerprint density at radius 3 is 2.73 bits per heavy atom. The molecule has 0 N–H and O–H groups in total. The largest absolute Gasteiger partial charge is 0.299 e. The van der Waals surface area contributed by atoms with Gasteiger partial charge in [0.05, 0.1) is 0 Å². The SMILES string of the molecule is CC(=O)C1(Cc2cc(Cl)ccc2F)CC1. The quantitative estimate of drug-likeness (QED) is 0.772. The Labute approximate surface area is 93.2 Å². The lowest BCUT2D eigenvalue weighted by molar-refractivity contribution is -0.121. The van der Waals surface area contributed by atoms with Crippen molar-refractivity contribution in [3.05, 3.63) is 34.6 Å². The maximum atomic E-state index is 13.4. The fraction of sp³-hybridized carbons (Fsp3) is 0.417. The molecule has 0 aliphatic heterocycles. The summed E-state index contributed by atoms with van der Waals surface area (Å²) >= 11 is 5.79. The van der Waals surface area contributed by atoms with Crippen molar-refractivity contribution in [3.63, 3.8) is 0 Å². The van der Waals surface area contributed by atoms with Crippen molar-refractivity contribution in [1.82, 2.24) is 0 Å². The van der Waals surface area contributed by atoms with Gasteiger partial charge in [0.25, 0.3) is 0 Å². The second-order valence-corrected chi connectivity index (χ2v) is 4.69. The zero-order chi connectivity index (χ0) is 11.1. The lowest BCUT2D eigenvalue weighted by Crippen LogP contribution is -2.15. The van der Waals surface area contributed by atoms with Crippen LogP contribution in [0.3, 0.4) is 0 Å². The highest BCUT2D eigenvalue weighted by Crippen LogP contribution is 2.49. The summed E-state index contributed by atoms with van der Waals surface area (Å²) in [5.41, 5.74) is 0.251. The van der Waals surface area contributed by atoms with Gasteiger partial charge in [-0.25, -0.2) is 4.39 Å². The molecule has 0 heterocycles. The third-order valence-electron chi connectivity index (χ3n) is 3.14. The van der Waals surface area contributed by atoms with Gasteiger partial charge in [-0.3, -0.25) is 4.79 Å². The molecule has 1 aliphatic rings. The average molecular weight is 227 g/mol. The van der Waals surface area contributed by atoms with E-state index in [-0.39, 0.29) is 17.0 Å². The first-order valence-electron chi connectivity index (χ1n) is 4.98. The number of carbonyl (C=O) groups excluding carboxylic acids is 1. The molecular formula is C12H12ClFO. The van der Waals surface area contributed by atoms with Gasteiger partial charge in [-0.15, -0.1) is 0 Å². The molecular weight excluding hydrogens is 215 g/mol. The Morgan fingerprint density at radius 1 is 1.53 bits per heavy atom. The van der Waals surface area contributed by atoms with Crippen LogP contribution in [-0.2, 0) is 11.2 Å². The summed E-state index contributed by atoms with van der Waals surface area (Å²) < 4.78 is 13.4. The second-order valence-electron chi connectivity index (χ2n) is 4.25. The number of halogens is 2. The van der Waals surface area contributed by atoms with Gasteiger partial charge in [0.1, 0.15) is 11.6 Å². The summed E-state index contributed by atoms with van der Waals surface area (Å²) in [5.74, 6) is -0.117. The van der Waals surface area contributed by atoms with Crippen LogP contribution in [0.2, 0.25) is 5.02 Å². The molecule has 0 radical (unpaired) electrons. The third kappa shape index (κ3) is 2.05. The molecule has 0 aromatic heterocycles. The molecule has 1 aliphatic carbocycles. The smallest absolute Gasteiger partial charge is 0.136 e. The van der Waals surface area contributed by atoms with E-state index in [1.807, 2.05) is 0 Å². The van der Waals surface area contributed by atoms with Crippen LogP contribution in [0, 0.1) is 11.2 Å². The molecule has 80 valence electrons. The normalized spacial score (nSPS) is 17.5. The lowest BCUT2D eigenvalue weighted by Gasteiger charge is -2.11. The minimum absolute atomic E-state index is 0.155. The van der Waals surface area contributed by atoms with Gasteiger partial charge in [-0.2, -0.15) is 0 Å². The molecule has 0 unspecified atom stereocenters. The first kappa shape index (κ1) is 10.6. The summed E-state index contributed by atoms with van der Waals surface area (Å²) in [7, 11) is 0. The van der Waals surface area contributed by atoms with Gasteiger partial charge in [-0.05, 0) is 49.9 Å². The van der Waals surface area contributed by atoms with Gasteiger partial charge in [-0.1, -0.05) is 11.6 Å². The van der Waals surface area contributed by atoms with Crippen LogP contribution in [0.25, 0.3) is 0 Å². The fourth-order valence-corrected chi connectivity index (χ4v) is 2.04. The second kappa shape index (κ2) is 3.60. The van der Waals surface area contributed by atoms with Gasteiger partial charge < -0.3 is 0 Å². The summed E-state index contributed by atoms with van der Waals surface area (Å²) in [6, 6.07) is 4.49. The van der Waals surface area contributed by atoms with Crippen LogP contribution >= 0.6 is 11.6 Å². The highest BCUT2D eigenvalue weighted by molar-refractivity contribution is 6.30. The maximum Gasteiger partial charge on any atom is 0.136 e. The third-order valence-corrected chi connectivity index (χ3v) is 3.37. The van der Waals surface area contributed by atoms with Gasteiger partial charge in [0.2, 0.25) is 0 Å².